The standard InChI is InChI=1S/C22H18Cl2N4/c1-27-12-14(16-5-4-15(23)11-19(16)24)10-18-17-9-13(20-7-8-25-26-20)3-6-21(17)28(2)22(18)27/h3-11H,12H2,1-2H3,(H,25,26). The number of hydrogen-bond acceptors (Lipinski definition) is 2. The molecule has 1 aliphatic heterocycles. The molecule has 4 nitrogen and oxygen atoms in total. The summed E-state index contributed by atoms with van der Waals surface area (Å²) < 4.78 is 2.25. The maximum Gasteiger partial charge on any atom is 0.116 e. The lowest BCUT2D eigenvalue weighted by Gasteiger charge is -2.27. The van der Waals surface area contributed by atoms with Crippen molar-refractivity contribution in [2.75, 3.05) is 18.5 Å². The SMILES string of the molecule is CN1CC(c2ccc(Cl)cc2Cl)=Cc2c1n(C)c1ccc(-c3ccn[nH]3)cc21. The van der Waals surface area contributed by atoms with Crippen LogP contribution in [0.5, 0.6) is 0 Å². The largest absolute Gasteiger partial charge is 0.356 e. The van der Waals surface area contributed by atoms with Crippen LogP contribution in [-0.4, -0.2) is 28.4 Å². The van der Waals surface area contributed by atoms with Crippen LogP contribution in [0, 0.1) is 0 Å². The molecule has 28 heavy (non-hydrogen) atoms. The molecule has 0 saturated carbocycles. The van der Waals surface area contributed by atoms with Gasteiger partial charge in [0.05, 0.1) is 11.2 Å². The molecule has 1 N–H and O–H groups in total. The van der Waals surface area contributed by atoms with Gasteiger partial charge in [0.15, 0.2) is 0 Å². The van der Waals surface area contributed by atoms with Crippen molar-refractivity contribution in [2.24, 2.45) is 7.05 Å². The van der Waals surface area contributed by atoms with Gasteiger partial charge in [-0.25, -0.2) is 0 Å². The van der Waals surface area contributed by atoms with E-state index in [-0.39, 0.29) is 0 Å². The van der Waals surface area contributed by atoms with E-state index in [1.807, 2.05) is 18.2 Å². The molecule has 0 aliphatic carbocycles. The summed E-state index contributed by atoms with van der Waals surface area (Å²) in [7, 11) is 4.23. The Balaban J connectivity index is 1.74. The van der Waals surface area contributed by atoms with E-state index in [4.69, 9.17) is 23.2 Å². The van der Waals surface area contributed by atoms with Gasteiger partial charge in [0, 0.05) is 53.4 Å². The van der Waals surface area contributed by atoms with E-state index in [9.17, 15) is 0 Å². The Morgan fingerprint density at radius 3 is 2.64 bits per heavy atom. The van der Waals surface area contributed by atoms with Crippen LogP contribution in [0.4, 0.5) is 5.82 Å². The number of nitrogens with zero attached hydrogens (tertiary/aromatic N) is 3. The molecule has 0 spiro atoms. The van der Waals surface area contributed by atoms with Gasteiger partial charge in [-0.05, 0) is 47.5 Å². The van der Waals surface area contributed by atoms with E-state index in [0.717, 1.165) is 23.4 Å². The molecule has 0 unspecified atom stereocenters. The lowest BCUT2D eigenvalue weighted by molar-refractivity contribution is 0.886. The van der Waals surface area contributed by atoms with Crippen molar-refractivity contribution in [1.82, 2.24) is 14.8 Å². The molecule has 0 atom stereocenters. The van der Waals surface area contributed by atoms with Crippen LogP contribution in [0.25, 0.3) is 33.8 Å². The van der Waals surface area contributed by atoms with Crippen molar-refractivity contribution in [2.45, 2.75) is 0 Å². The van der Waals surface area contributed by atoms with Crippen molar-refractivity contribution in [3.63, 3.8) is 0 Å². The molecule has 0 amide bonds. The molecule has 0 bridgehead atoms. The summed E-state index contributed by atoms with van der Waals surface area (Å²) in [6.45, 7) is 0.784. The first kappa shape index (κ1) is 17.4. The zero-order valence-corrected chi connectivity index (χ0v) is 17.0. The van der Waals surface area contributed by atoms with Gasteiger partial charge in [-0.3, -0.25) is 5.10 Å². The summed E-state index contributed by atoms with van der Waals surface area (Å²) in [5.74, 6) is 1.20. The first-order chi connectivity index (χ1) is 13.5. The second-order valence-corrected chi connectivity index (χ2v) is 7.99. The highest BCUT2D eigenvalue weighted by molar-refractivity contribution is 6.36. The van der Waals surface area contributed by atoms with Gasteiger partial charge in [0.2, 0.25) is 0 Å². The number of aryl methyl sites for hydroxylation is 1. The van der Waals surface area contributed by atoms with Crippen LogP contribution >= 0.6 is 23.2 Å². The molecule has 1 aliphatic rings. The quantitative estimate of drug-likeness (QED) is 0.450. The first-order valence-corrected chi connectivity index (χ1v) is 9.78. The predicted octanol–water partition coefficient (Wildman–Crippen LogP) is 5.87. The number of anilines is 1. The van der Waals surface area contributed by atoms with Crippen molar-refractivity contribution in [3.8, 4) is 11.3 Å². The highest BCUT2D eigenvalue weighted by atomic mass is 35.5. The zero-order valence-electron chi connectivity index (χ0n) is 15.5. The van der Waals surface area contributed by atoms with Gasteiger partial charge in [-0.1, -0.05) is 35.3 Å². The maximum atomic E-state index is 6.49. The molecule has 0 saturated heterocycles. The average Bonchev–Trinajstić information content (AvgIpc) is 3.29. The molecular formula is C22H18Cl2N4. The Hall–Kier alpha value is -2.69. The minimum absolute atomic E-state index is 0.647. The lowest BCUT2D eigenvalue weighted by atomic mass is 9.97. The van der Waals surface area contributed by atoms with E-state index in [0.29, 0.717) is 10.0 Å². The fourth-order valence-electron chi connectivity index (χ4n) is 4.11. The Labute approximate surface area is 173 Å². The Bertz CT molecular complexity index is 1240. The number of H-pyrrole nitrogens is 1. The van der Waals surface area contributed by atoms with E-state index >= 15 is 0 Å². The maximum absolute atomic E-state index is 6.49. The van der Waals surface area contributed by atoms with Crippen LogP contribution in [0.15, 0.2) is 48.7 Å². The number of halogens is 2. The molecular weight excluding hydrogens is 391 g/mol. The van der Waals surface area contributed by atoms with E-state index in [1.165, 1.54) is 27.9 Å². The number of aromatic amines is 1. The second kappa shape index (κ2) is 6.43. The number of benzene rings is 2. The van der Waals surface area contributed by atoms with Crippen molar-refractivity contribution >= 4 is 51.6 Å². The summed E-state index contributed by atoms with van der Waals surface area (Å²) in [6, 6.07) is 14.2. The zero-order chi connectivity index (χ0) is 19.4. The third-order valence-corrected chi connectivity index (χ3v) is 5.93. The molecule has 6 heteroatoms. The highest BCUT2D eigenvalue weighted by Gasteiger charge is 2.24. The summed E-state index contributed by atoms with van der Waals surface area (Å²) in [5, 5.41) is 9.65. The molecule has 2 aromatic heterocycles. The van der Waals surface area contributed by atoms with Gasteiger partial charge in [-0.15, -0.1) is 0 Å². The van der Waals surface area contributed by atoms with Crippen LogP contribution in [-0.2, 0) is 7.05 Å². The first-order valence-electron chi connectivity index (χ1n) is 9.02. The lowest BCUT2D eigenvalue weighted by Crippen LogP contribution is -2.25. The second-order valence-electron chi connectivity index (χ2n) is 7.15. The molecule has 140 valence electrons. The molecule has 0 fully saturated rings. The summed E-state index contributed by atoms with van der Waals surface area (Å²) in [5.41, 5.74) is 6.72. The van der Waals surface area contributed by atoms with Crippen molar-refractivity contribution in [3.05, 3.63) is 69.8 Å². The number of fused-ring (bicyclic) bond motifs is 3. The number of nitrogens with one attached hydrogen (secondary N) is 1. The van der Waals surface area contributed by atoms with Crippen molar-refractivity contribution in [1.29, 1.82) is 0 Å². The summed E-state index contributed by atoms with van der Waals surface area (Å²) in [6.07, 6.45) is 4.03. The number of aromatic nitrogens is 3. The van der Waals surface area contributed by atoms with E-state index < -0.39 is 0 Å². The van der Waals surface area contributed by atoms with Gasteiger partial charge >= 0.3 is 0 Å². The monoisotopic (exact) mass is 408 g/mol. The molecule has 3 heterocycles. The smallest absolute Gasteiger partial charge is 0.116 e. The Morgan fingerprint density at radius 1 is 1.04 bits per heavy atom. The summed E-state index contributed by atoms with van der Waals surface area (Å²) >= 11 is 12.6. The van der Waals surface area contributed by atoms with Gasteiger partial charge in [0.25, 0.3) is 0 Å². The van der Waals surface area contributed by atoms with Crippen LogP contribution in [0.1, 0.15) is 11.1 Å². The fraction of sp³-hybridized carbons (Fsp3) is 0.136. The predicted molar refractivity (Wildman–Crippen MR) is 118 cm³/mol. The molecule has 2 aromatic carbocycles. The minimum atomic E-state index is 0.647. The number of rotatable bonds is 2. The van der Waals surface area contributed by atoms with Crippen LogP contribution in [0.3, 0.4) is 0 Å². The van der Waals surface area contributed by atoms with Gasteiger partial charge in [-0.2, -0.15) is 5.10 Å². The van der Waals surface area contributed by atoms with Gasteiger partial charge < -0.3 is 9.47 Å². The molecule has 0 radical (unpaired) electrons. The number of likely N-dealkylation sites (N-methyl/N-ethyl adjacent to an activating group) is 1. The minimum Gasteiger partial charge on any atom is -0.356 e. The third kappa shape index (κ3) is 2.64. The van der Waals surface area contributed by atoms with E-state index in [1.54, 1.807) is 12.3 Å². The van der Waals surface area contributed by atoms with E-state index in [2.05, 4.69) is 58.0 Å². The highest BCUT2D eigenvalue weighted by Crippen LogP contribution is 2.41. The van der Waals surface area contributed by atoms with Crippen LogP contribution in [0.2, 0.25) is 10.0 Å². The topological polar surface area (TPSA) is 36.9 Å². The third-order valence-electron chi connectivity index (χ3n) is 5.38. The fourth-order valence-corrected chi connectivity index (χ4v) is 4.64. The van der Waals surface area contributed by atoms with Gasteiger partial charge in [0.1, 0.15) is 5.82 Å². The normalized spacial score (nSPS) is 13.7. The molecule has 4 aromatic rings. The Kier molecular flexibility index (Phi) is 4.00. The average molecular weight is 409 g/mol. The van der Waals surface area contributed by atoms with Crippen molar-refractivity contribution < 1.29 is 0 Å². The Morgan fingerprint density at radius 2 is 1.89 bits per heavy atom. The molecule has 5 rings (SSSR count). The summed E-state index contributed by atoms with van der Waals surface area (Å²) in [4.78, 5) is 2.27. The van der Waals surface area contributed by atoms with Crippen LogP contribution < -0.4 is 4.90 Å². The number of hydrogen-bond donors (Lipinski definition) is 1.